The fraction of sp³-hybridized carbons (Fsp3) is 0.903. The second-order valence-corrected chi connectivity index (χ2v) is 62.6. The molecule has 0 aromatic carbocycles. The van der Waals surface area contributed by atoms with Gasteiger partial charge in [-0.2, -0.15) is 0 Å². The Kier molecular flexibility index (Phi) is 85.4. The van der Waals surface area contributed by atoms with Gasteiger partial charge in [-0.3, -0.25) is 28.9 Å². The molecule has 0 aliphatic carbocycles. The first-order chi connectivity index (χ1) is 59.4. The van der Waals surface area contributed by atoms with E-state index in [1.54, 1.807) is 70.0 Å². The predicted molar refractivity (Wildman–Crippen MR) is 636 cm³/mol. The summed E-state index contributed by atoms with van der Waals surface area (Å²) in [7, 11) is 0.150. The first-order valence-corrected chi connectivity index (χ1v) is 54.0. The molecule has 26 heteroatoms. The monoisotopic (exact) mass is 2090 g/mol. The number of ketones is 4. The van der Waals surface area contributed by atoms with Gasteiger partial charge in [0.2, 0.25) is 5.91 Å². The number of thiocarbonyl (C=S) groups is 3. The second-order valence-electron chi connectivity index (χ2n) is 55.8. The number of carbonyl (C=O) groups is 8. The number of amides is 3. The molecule has 3 amide bonds. The van der Waals surface area contributed by atoms with E-state index in [0.29, 0.717) is 28.9 Å². The third-order valence-electron chi connectivity index (χ3n) is 15.0. The van der Waals surface area contributed by atoms with E-state index in [-0.39, 0.29) is 142 Å². The lowest BCUT2D eigenvalue weighted by Gasteiger charge is -2.47. The summed E-state index contributed by atoms with van der Waals surface area (Å²) in [5.41, 5.74) is -2.89. The van der Waals surface area contributed by atoms with E-state index in [1.165, 1.54) is 42.8 Å². The third-order valence-corrected chi connectivity index (χ3v) is 19.8. The summed E-state index contributed by atoms with van der Waals surface area (Å²) in [5, 5.41) is 18.1. The molecule has 0 aromatic rings. The van der Waals surface area contributed by atoms with Crippen LogP contribution in [0.4, 0.5) is 9.59 Å². The Morgan fingerprint density at radius 2 is 0.511 bits per heavy atom. The Hall–Kier alpha value is -2.98. The van der Waals surface area contributed by atoms with Gasteiger partial charge in [-0.15, -0.1) is 0 Å². The topological polar surface area (TPSA) is 230 Å². The van der Waals surface area contributed by atoms with Crippen molar-refractivity contribution < 1.29 is 67.3 Å². The average Bonchev–Trinajstić information content (AvgIpc) is 0.814. The highest BCUT2D eigenvalue weighted by atomic mass is 32.2. The maximum atomic E-state index is 12.3. The van der Waals surface area contributed by atoms with Gasteiger partial charge in [0.05, 0.1) is 0 Å². The summed E-state index contributed by atoms with van der Waals surface area (Å²) in [4.78, 5) is 98.2. The van der Waals surface area contributed by atoms with Crippen molar-refractivity contribution in [3.8, 4) is 0 Å². The van der Waals surface area contributed by atoms with Crippen LogP contribution >= 0.6 is 71.9 Å². The predicted octanol–water partition coefficient (Wildman–Crippen LogP) is 34.8. The van der Waals surface area contributed by atoms with Crippen molar-refractivity contribution in [1.29, 1.82) is 0 Å². The summed E-state index contributed by atoms with van der Waals surface area (Å²) >= 11 is 20.8. The van der Waals surface area contributed by atoms with Crippen LogP contribution in [0.3, 0.4) is 0 Å². The fourth-order valence-electron chi connectivity index (χ4n) is 10.2. The van der Waals surface area contributed by atoms with E-state index in [1.807, 2.05) is 234 Å². The maximum Gasteiger partial charge on any atom is 0.634 e. The number of thioether (sulfide) groups is 3. The molecule has 0 aromatic heterocycles. The molecule has 0 unspecified atom stereocenters. The number of hydrogen-bond acceptors (Lipinski definition) is 20. The van der Waals surface area contributed by atoms with Gasteiger partial charge in [0, 0.05) is 124 Å². The van der Waals surface area contributed by atoms with Crippen LogP contribution in [0.15, 0.2) is 0 Å². The first kappa shape index (κ1) is 169. The van der Waals surface area contributed by atoms with Gasteiger partial charge in [0.25, 0.3) is 10.4 Å². The lowest BCUT2D eigenvalue weighted by molar-refractivity contribution is -0.134. The molecule has 0 atom stereocenters. The van der Waals surface area contributed by atoms with Crippen molar-refractivity contribution in [2.24, 2.45) is 27.1 Å². The highest BCUT2D eigenvalue weighted by molar-refractivity contribution is 8.23. The SMILES string of the molecule is CC(=O)C(C)(C)C.CC(=O)N(C)C(C)(C)C.CC(C)(C)C(=O)C(C)(C)C.CC(C)(C)OB(O)O.CC(C)(C)OC(=O)N(C(C)(C)C)C(C)(C)C.CC(C)(C)OC(=S)C(C)(C)C.CC(C)(C)OC(=S)N(C(C)(C)C)C(C)(C)C.CC(C)(C)SC(=O)C(C)(C)C.CC(C)(C)SC(=O)N(C(C)(C)C)C(C)(C)C.CC(C)(C)SC(=S)N(C(C)(C)C)C(C)(C)C.CCC.CCC.CCC.CCC(C)=O.CCC(C)=O. The molecule has 0 heterocycles. The first-order valence-electron chi connectivity index (χ1n) is 50.3. The van der Waals surface area contributed by atoms with Gasteiger partial charge in [0.15, 0.2) is 10.2 Å². The Labute approximate surface area is 896 Å². The molecule has 139 heavy (non-hydrogen) atoms. The van der Waals surface area contributed by atoms with Crippen LogP contribution in [0.1, 0.15) is 551 Å². The highest BCUT2D eigenvalue weighted by Gasteiger charge is 2.42. The highest BCUT2D eigenvalue weighted by Crippen LogP contribution is 2.38. The van der Waals surface area contributed by atoms with Crippen LogP contribution in [-0.2, 0) is 47.6 Å². The van der Waals surface area contributed by atoms with E-state index in [0.717, 1.165) is 4.32 Å². The zero-order chi connectivity index (χ0) is 118. The summed E-state index contributed by atoms with van der Waals surface area (Å²) < 4.78 is 22.5. The van der Waals surface area contributed by atoms with E-state index in [2.05, 4.69) is 264 Å². The molecule has 0 fully saturated rings. The Morgan fingerprint density at radius 1 is 0.288 bits per heavy atom. The third kappa shape index (κ3) is 122. The minimum absolute atomic E-state index is 0.0252. The number of Topliss-reactive ketones (excluding diaryl/α,β-unsaturated/α-hetero) is 4. The van der Waals surface area contributed by atoms with Crippen molar-refractivity contribution in [2.75, 3.05) is 7.05 Å². The van der Waals surface area contributed by atoms with Gasteiger partial charge in [-0.1, -0.05) is 288 Å². The minimum atomic E-state index is -1.66. The molecule has 0 saturated heterocycles. The van der Waals surface area contributed by atoms with Crippen LogP contribution < -0.4 is 0 Å². The summed E-state index contributed by atoms with van der Waals surface area (Å²) in [6.07, 6.45) is 4.83. The van der Waals surface area contributed by atoms with Gasteiger partial charge in [-0.25, -0.2) is 4.79 Å². The molecule has 0 bridgehead atoms. The lowest BCUT2D eigenvalue weighted by atomic mass is 9.76. The van der Waals surface area contributed by atoms with E-state index in [9.17, 15) is 38.4 Å². The fourth-order valence-corrected chi connectivity index (χ4v) is 15.8. The standard InChI is InChI=1S/C13H27NO2.2C13H27NOS.C13H27NS2.2C9H18OS.C9H18O.C7H15NO.C6H12O.C4H11BO3.2C4H8O.3C3H8/c2*1-11(2,3)14(12(4,5)6)10(15)16-13(7,8)9;1-11(2,3)14(12(4,5)6)10(16)15-13(7,8)9;1-11(2,3)14(12(4,5)6)10(15)16-13(7,8)9;1-8(2,3)7(10)11-9(4,5)6;1-8(2,3)7(11)10-9(4,5)6;1-8(2,3)7(10)9(4,5)6;1-6(9)8(5)7(2,3)4;1-5(7)6(2,3)4;1-4(2,3)8-5(6)7;2*1-3-4(2)5;3*1-3-2/h4*1-9H3;2*1-6H3;1-6H3;1-5H3;1-4H3;6-7H,1-3H3;2*3H2,1-2H3;3*3H2,1-2H3. The van der Waals surface area contributed by atoms with Gasteiger partial charge in [-0.05, 0) is 315 Å². The van der Waals surface area contributed by atoms with Gasteiger partial charge >= 0.3 is 13.4 Å². The smallest absolute Gasteiger partial charge is 0.481 e. The van der Waals surface area contributed by atoms with Crippen LogP contribution in [0.25, 0.3) is 0 Å². The van der Waals surface area contributed by atoms with Crippen molar-refractivity contribution >= 4 is 139 Å². The quantitative estimate of drug-likeness (QED) is 0.198. The molecule has 0 rings (SSSR count). The van der Waals surface area contributed by atoms with Crippen LogP contribution in [0.2, 0.25) is 0 Å². The minimum Gasteiger partial charge on any atom is -0.481 e. The molecule has 0 aliphatic rings. The molecule has 0 spiro atoms. The number of ether oxygens (including phenoxy) is 3. The van der Waals surface area contributed by atoms with E-state index < -0.39 is 18.5 Å². The molecule has 0 saturated carbocycles. The maximum absolute atomic E-state index is 12.3. The van der Waals surface area contributed by atoms with Gasteiger partial charge in [0.1, 0.15) is 44.3 Å². The molecule has 0 aliphatic heterocycles. The summed E-state index contributed by atoms with van der Waals surface area (Å²) in [6.45, 7) is 151. The summed E-state index contributed by atoms with van der Waals surface area (Å²) in [6, 6.07) is 0. The Bertz CT molecular complexity index is 3000. The number of hydrogen-bond donors (Lipinski definition) is 2. The molecule has 840 valence electrons. The average molecular weight is 2100 g/mol. The van der Waals surface area contributed by atoms with Crippen molar-refractivity contribution in [1.82, 2.24) is 24.5 Å². The van der Waals surface area contributed by atoms with E-state index in [4.69, 9.17) is 60.9 Å². The van der Waals surface area contributed by atoms with Crippen LogP contribution in [0.5, 0.6) is 0 Å². The van der Waals surface area contributed by atoms with Crippen LogP contribution in [-0.4, -0.2) is 195 Å². The van der Waals surface area contributed by atoms with Crippen molar-refractivity contribution in [2.45, 2.75) is 638 Å². The normalized spacial score (nSPS) is 12.2. The molecular weight excluding hydrogens is 1850 g/mol. The number of carbonyl (C=O) groups excluding carboxylic acids is 8. The Balaban J connectivity index is -0.0000000933. The molecular formula is C113H240BN5O14S6. The zero-order valence-corrected chi connectivity index (χ0v) is 111. The van der Waals surface area contributed by atoms with Crippen molar-refractivity contribution in [3.63, 3.8) is 0 Å². The second kappa shape index (κ2) is 70.1. The van der Waals surface area contributed by atoms with Crippen molar-refractivity contribution in [3.05, 3.63) is 0 Å². The van der Waals surface area contributed by atoms with E-state index >= 15 is 0 Å². The number of rotatable bonds is 3. The number of nitrogens with zero attached hydrogens (tertiary/aromatic N) is 5. The largest absolute Gasteiger partial charge is 0.634 e. The molecule has 2 N–H and O–H groups in total. The lowest BCUT2D eigenvalue weighted by Crippen LogP contribution is -2.56. The van der Waals surface area contributed by atoms with Gasteiger partial charge < -0.3 is 58.1 Å². The summed E-state index contributed by atoms with van der Waals surface area (Å²) in [5.74, 6) is 1.19. The zero-order valence-electron chi connectivity index (χ0n) is 107. The molecule has 19 nitrogen and oxygen atoms in total. The Morgan fingerprint density at radius 3 is 0.612 bits per heavy atom. The van der Waals surface area contributed by atoms with Crippen LogP contribution in [0, 0.1) is 27.1 Å². The molecule has 0 radical (unpaired) electrons.